The number of nitrogens with zero attached hydrogens (tertiary/aromatic N) is 1. The van der Waals surface area contributed by atoms with Gasteiger partial charge < -0.3 is 25.4 Å². The largest absolute Gasteiger partial charge is 0.492 e. The third-order valence-electron chi connectivity index (χ3n) is 4.38. The summed E-state index contributed by atoms with van der Waals surface area (Å²) in [5, 5.41) is 9.38. The van der Waals surface area contributed by atoms with Crippen molar-refractivity contribution in [3.63, 3.8) is 0 Å². The van der Waals surface area contributed by atoms with Gasteiger partial charge in [-0.15, -0.1) is 0 Å². The van der Waals surface area contributed by atoms with Crippen LogP contribution in [0.1, 0.15) is 24.8 Å². The summed E-state index contributed by atoms with van der Waals surface area (Å²) in [4.78, 5) is 15.6. The van der Waals surface area contributed by atoms with Gasteiger partial charge in [0, 0.05) is 32.3 Å². The minimum Gasteiger partial charge on any atom is -0.492 e. The third kappa shape index (κ3) is 5.09. The number of aryl methyl sites for hydroxylation is 1. The molecule has 2 heterocycles. The first-order valence-corrected chi connectivity index (χ1v) is 8.86. The second kappa shape index (κ2) is 8.71. The normalized spacial score (nSPS) is 20.0. The van der Waals surface area contributed by atoms with Gasteiger partial charge in [0.1, 0.15) is 12.4 Å². The summed E-state index contributed by atoms with van der Waals surface area (Å²) in [6, 6.07) is 5.78. The summed E-state index contributed by atoms with van der Waals surface area (Å²) >= 11 is 0. The Morgan fingerprint density at radius 1 is 1.40 bits per heavy atom. The third-order valence-corrected chi connectivity index (χ3v) is 4.38. The van der Waals surface area contributed by atoms with Gasteiger partial charge in [-0.2, -0.15) is 0 Å². The molecule has 25 heavy (non-hydrogen) atoms. The van der Waals surface area contributed by atoms with E-state index in [-0.39, 0.29) is 12.0 Å². The van der Waals surface area contributed by atoms with Crippen molar-refractivity contribution in [2.45, 2.75) is 31.8 Å². The number of benzene rings is 1. The number of ether oxygens (including phenoxy) is 2. The summed E-state index contributed by atoms with van der Waals surface area (Å²) < 4.78 is 11.4. The van der Waals surface area contributed by atoms with E-state index in [0.29, 0.717) is 19.6 Å². The van der Waals surface area contributed by atoms with E-state index in [1.54, 1.807) is 7.05 Å². The molecular formula is C18H26N4O3. The second-order valence-electron chi connectivity index (χ2n) is 6.23. The van der Waals surface area contributed by atoms with Gasteiger partial charge in [0.15, 0.2) is 5.96 Å². The molecule has 0 bridgehead atoms. The fraction of sp³-hybridized carbons (Fsp3) is 0.556. The van der Waals surface area contributed by atoms with Crippen LogP contribution in [-0.4, -0.2) is 51.3 Å². The number of hydrogen-bond donors (Lipinski definition) is 3. The van der Waals surface area contributed by atoms with Crippen molar-refractivity contribution >= 4 is 17.6 Å². The van der Waals surface area contributed by atoms with Crippen LogP contribution in [0.15, 0.2) is 23.2 Å². The van der Waals surface area contributed by atoms with E-state index in [1.807, 2.05) is 18.2 Å². The molecule has 1 aromatic carbocycles. The molecule has 1 atom stereocenters. The van der Waals surface area contributed by atoms with Crippen molar-refractivity contribution in [3.8, 4) is 5.75 Å². The quantitative estimate of drug-likeness (QED) is 0.411. The first kappa shape index (κ1) is 17.5. The number of rotatable bonds is 6. The molecule has 2 aliphatic rings. The Morgan fingerprint density at radius 2 is 2.32 bits per heavy atom. The maximum absolute atomic E-state index is 11.4. The molecule has 136 valence electrons. The molecule has 0 aliphatic carbocycles. The predicted molar refractivity (Wildman–Crippen MR) is 97.2 cm³/mol. The molecule has 3 N–H and O–H groups in total. The summed E-state index contributed by atoms with van der Waals surface area (Å²) in [6.07, 6.45) is 3.81. The fourth-order valence-corrected chi connectivity index (χ4v) is 3.02. The Labute approximate surface area is 148 Å². The number of nitrogens with one attached hydrogen (secondary N) is 3. The monoisotopic (exact) mass is 346 g/mol. The van der Waals surface area contributed by atoms with E-state index in [4.69, 9.17) is 9.47 Å². The topological polar surface area (TPSA) is 84.0 Å². The van der Waals surface area contributed by atoms with E-state index < -0.39 is 0 Å². The Morgan fingerprint density at radius 3 is 3.12 bits per heavy atom. The average molecular weight is 346 g/mol. The summed E-state index contributed by atoms with van der Waals surface area (Å²) in [7, 11) is 1.75. The van der Waals surface area contributed by atoms with Crippen LogP contribution in [0.3, 0.4) is 0 Å². The van der Waals surface area contributed by atoms with Crippen molar-refractivity contribution < 1.29 is 14.3 Å². The molecule has 1 fully saturated rings. The molecule has 0 radical (unpaired) electrons. The molecule has 0 saturated carbocycles. The standard InChI is InChI=1S/C18H26N4O3/c1-19-18(21-12-15-3-2-9-24-15)20-8-10-25-14-5-6-16-13(11-14)4-7-17(23)22-16/h5-6,11,15H,2-4,7-10,12H2,1H3,(H,22,23)(H2,19,20,21). The highest BCUT2D eigenvalue weighted by molar-refractivity contribution is 5.94. The molecular weight excluding hydrogens is 320 g/mol. The van der Waals surface area contributed by atoms with Gasteiger partial charge in [0.25, 0.3) is 0 Å². The number of fused-ring (bicyclic) bond motifs is 1. The van der Waals surface area contributed by atoms with Crippen LogP contribution in [0.4, 0.5) is 5.69 Å². The second-order valence-corrected chi connectivity index (χ2v) is 6.23. The van der Waals surface area contributed by atoms with Crippen LogP contribution in [0.25, 0.3) is 0 Å². The smallest absolute Gasteiger partial charge is 0.224 e. The first-order valence-electron chi connectivity index (χ1n) is 8.86. The number of carbonyl (C=O) groups excluding carboxylic acids is 1. The maximum Gasteiger partial charge on any atom is 0.224 e. The Bertz CT molecular complexity index is 627. The number of anilines is 1. The highest BCUT2D eigenvalue weighted by Gasteiger charge is 2.16. The van der Waals surface area contributed by atoms with Gasteiger partial charge in [0.2, 0.25) is 5.91 Å². The van der Waals surface area contributed by atoms with E-state index in [0.717, 1.165) is 55.4 Å². The van der Waals surface area contributed by atoms with Gasteiger partial charge in [0.05, 0.1) is 12.6 Å². The van der Waals surface area contributed by atoms with Gasteiger partial charge >= 0.3 is 0 Å². The zero-order valence-electron chi connectivity index (χ0n) is 14.6. The Balaban J connectivity index is 1.38. The van der Waals surface area contributed by atoms with Crippen molar-refractivity contribution in [1.29, 1.82) is 0 Å². The SMILES string of the molecule is CN=C(NCCOc1ccc2c(c1)CCC(=O)N2)NCC1CCCO1. The molecule has 0 aromatic heterocycles. The van der Waals surface area contributed by atoms with E-state index in [9.17, 15) is 4.79 Å². The van der Waals surface area contributed by atoms with Crippen LogP contribution in [0.2, 0.25) is 0 Å². The number of hydrogen-bond acceptors (Lipinski definition) is 4. The maximum atomic E-state index is 11.4. The zero-order valence-corrected chi connectivity index (χ0v) is 14.6. The molecule has 1 unspecified atom stereocenters. The van der Waals surface area contributed by atoms with Gasteiger partial charge in [-0.05, 0) is 43.0 Å². The fourth-order valence-electron chi connectivity index (χ4n) is 3.02. The lowest BCUT2D eigenvalue weighted by Gasteiger charge is -2.18. The van der Waals surface area contributed by atoms with Gasteiger partial charge in [-0.1, -0.05) is 0 Å². The number of aliphatic imine (C=N–C) groups is 1. The molecule has 1 aromatic rings. The van der Waals surface area contributed by atoms with E-state index >= 15 is 0 Å². The summed E-state index contributed by atoms with van der Waals surface area (Å²) in [6.45, 7) is 2.82. The molecule has 7 heteroatoms. The van der Waals surface area contributed by atoms with E-state index in [1.165, 1.54) is 0 Å². The minimum absolute atomic E-state index is 0.0762. The summed E-state index contributed by atoms with van der Waals surface area (Å²) in [5.41, 5.74) is 2.01. The first-order chi connectivity index (χ1) is 12.2. The number of guanidine groups is 1. The van der Waals surface area contributed by atoms with Crippen LogP contribution in [0, 0.1) is 0 Å². The van der Waals surface area contributed by atoms with Crippen LogP contribution in [0.5, 0.6) is 5.75 Å². The van der Waals surface area contributed by atoms with E-state index in [2.05, 4.69) is 20.9 Å². The van der Waals surface area contributed by atoms with Crippen molar-refractivity contribution in [1.82, 2.24) is 10.6 Å². The number of carbonyl (C=O) groups is 1. The zero-order chi connectivity index (χ0) is 17.5. The van der Waals surface area contributed by atoms with Gasteiger partial charge in [-0.25, -0.2) is 0 Å². The molecule has 2 aliphatic heterocycles. The lowest BCUT2D eigenvalue weighted by molar-refractivity contribution is -0.116. The van der Waals surface area contributed by atoms with Crippen LogP contribution >= 0.6 is 0 Å². The Kier molecular flexibility index (Phi) is 6.11. The van der Waals surface area contributed by atoms with Crippen molar-refractivity contribution in [2.24, 2.45) is 4.99 Å². The van der Waals surface area contributed by atoms with Crippen LogP contribution in [-0.2, 0) is 16.0 Å². The minimum atomic E-state index is 0.0762. The van der Waals surface area contributed by atoms with Crippen molar-refractivity contribution in [3.05, 3.63) is 23.8 Å². The average Bonchev–Trinajstić information content (AvgIpc) is 3.14. The molecule has 7 nitrogen and oxygen atoms in total. The molecule has 1 saturated heterocycles. The summed E-state index contributed by atoms with van der Waals surface area (Å²) in [5.74, 6) is 1.65. The Hall–Kier alpha value is -2.28. The van der Waals surface area contributed by atoms with Crippen molar-refractivity contribution in [2.75, 3.05) is 38.7 Å². The molecule has 1 amide bonds. The lowest BCUT2D eigenvalue weighted by atomic mass is 10.0. The number of amides is 1. The highest BCUT2D eigenvalue weighted by atomic mass is 16.5. The predicted octanol–water partition coefficient (Wildman–Crippen LogP) is 1.29. The molecule has 3 rings (SSSR count). The molecule has 0 spiro atoms. The van der Waals surface area contributed by atoms with Gasteiger partial charge in [-0.3, -0.25) is 9.79 Å². The highest BCUT2D eigenvalue weighted by Crippen LogP contribution is 2.26. The lowest BCUT2D eigenvalue weighted by Crippen LogP contribution is -2.42. The van der Waals surface area contributed by atoms with Crippen LogP contribution < -0.4 is 20.7 Å².